The maximum absolute atomic E-state index is 10.4. The number of hydrogen-bond donors (Lipinski definition) is 0. The number of carbonyl (C=O) groups excluding carboxylic acids is 1. The zero-order valence-electron chi connectivity index (χ0n) is 6.26. The first-order chi connectivity index (χ1) is 4.68. The van der Waals surface area contributed by atoms with Crippen molar-refractivity contribution in [1.82, 2.24) is 4.90 Å². The van der Waals surface area contributed by atoms with E-state index in [2.05, 4.69) is 6.92 Å². The summed E-state index contributed by atoms with van der Waals surface area (Å²) in [7, 11) is 1.70. The van der Waals surface area contributed by atoms with Crippen LogP contribution < -0.4 is 0 Å². The molecule has 0 saturated carbocycles. The van der Waals surface area contributed by atoms with Crippen LogP contribution >= 0.6 is 23.4 Å². The quantitative estimate of drug-likeness (QED) is 0.376. The second-order valence-corrected chi connectivity index (χ2v) is 3.59. The summed E-state index contributed by atoms with van der Waals surface area (Å²) in [5.41, 5.74) is 0. The lowest BCUT2D eigenvalue weighted by atomic mass is 10.7. The van der Waals surface area contributed by atoms with Gasteiger partial charge in [-0.25, -0.2) is 0 Å². The maximum atomic E-state index is 10.4. The molecule has 0 N–H and O–H groups in total. The van der Waals surface area contributed by atoms with Crippen LogP contribution in [0.5, 0.6) is 0 Å². The van der Waals surface area contributed by atoms with Gasteiger partial charge in [0.1, 0.15) is 0 Å². The summed E-state index contributed by atoms with van der Waals surface area (Å²) in [6, 6.07) is 0. The Morgan fingerprint density at radius 2 is 2.30 bits per heavy atom. The molecule has 0 unspecified atom stereocenters. The Morgan fingerprint density at radius 1 is 1.70 bits per heavy atom. The smallest absolute Gasteiger partial charge is 0.316 e. The molecule has 0 aromatic heterocycles. The van der Waals surface area contributed by atoms with E-state index in [1.165, 1.54) is 4.90 Å². The average molecular weight is 182 g/mol. The number of carbonyl (C=O) groups is 1. The first-order valence-corrected chi connectivity index (χ1v) is 4.70. The molecule has 0 rings (SSSR count). The fourth-order valence-electron chi connectivity index (χ4n) is 0.434. The van der Waals surface area contributed by atoms with Crippen molar-refractivity contribution in [3.8, 4) is 0 Å². The Bertz CT molecular complexity index is 110. The Morgan fingerprint density at radius 3 is 2.70 bits per heavy atom. The molecule has 0 fully saturated rings. The molecule has 1 amide bonds. The molecule has 0 aliphatic heterocycles. The fraction of sp³-hybridized carbons (Fsp3) is 0.833. The molecule has 0 heterocycles. The minimum absolute atomic E-state index is 0.378. The van der Waals surface area contributed by atoms with Gasteiger partial charge in [0.05, 0.1) is 0 Å². The molecule has 0 aromatic carbocycles. The van der Waals surface area contributed by atoms with Crippen LogP contribution in [0.3, 0.4) is 0 Å². The molecule has 0 aromatic rings. The van der Waals surface area contributed by atoms with E-state index in [0.29, 0.717) is 0 Å². The second-order valence-electron chi connectivity index (χ2n) is 1.87. The van der Waals surface area contributed by atoms with Gasteiger partial charge >= 0.3 is 5.37 Å². The topological polar surface area (TPSA) is 20.3 Å². The Balaban J connectivity index is 3.21. The lowest BCUT2D eigenvalue weighted by Crippen LogP contribution is -2.23. The van der Waals surface area contributed by atoms with Crippen molar-refractivity contribution in [1.29, 1.82) is 0 Å². The van der Waals surface area contributed by atoms with E-state index < -0.39 is 0 Å². The highest BCUT2D eigenvalue weighted by molar-refractivity contribution is 7.99. The second kappa shape index (κ2) is 5.86. The van der Waals surface area contributed by atoms with Gasteiger partial charge in [-0.05, 0) is 17.4 Å². The molecule has 0 bridgehead atoms. The Labute approximate surface area is 70.9 Å². The summed E-state index contributed by atoms with van der Waals surface area (Å²) in [5, 5.41) is -0.378. The Hall–Kier alpha value is 0.110. The molecule has 4 heteroatoms. The summed E-state index contributed by atoms with van der Waals surface area (Å²) >= 11 is 6.99. The van der Waals surface area contributed by atoms with Gasteiger partial charge in [0.25, 0.3) is 0 Å². The van der Waals surface area contributed by atoms with Crippen molar-refractivity contribution >= 4 is 28.7 Å². The average Bonchev–Trinajstić information content (AvgIpc) is 1.88. The zero-order valence-corrected chi connectivity index (χ0v) is 7.84. The van der Waals surface area contributed by atoms with E-state index in [-0.39, 0.29) is 5.37 Å². The van der Waals surface area contributed by atoms with Crippen molar-refractivity contribution in [3.05, 3.63) is 0 Å². The fourth-order valence-corrected chi connectivity index (χ4v) is 1.21. The van der Waals surface area contributed by atoms with Crippen molar-refractivity contribution in [2.75, 3.05) is 25.1 Å². The molecule has 0 saturated heterocycles. The van der Waals surface area contributed by atoms with Gasteiger partial charge in [0.2, 0.25) is 0 Å². The van der Waals surface area contributed by atoms with Crippen LogP contribution in [0.25, 0.3) is 0 Å². The normalized spacial score (nSPS) is 9.50. The highest BCUT2D eigenvalue weighted by Gasteiger charge is 2.01. The molecule has 10 heavy (non-hydrogen) atoms. The Kier molecular flexibility index (Phi) is 5.93. The molecule has 60 valence electrons. The van der Waals surface area contributed by atoms with Crippen LogP contribution in [-0.4, -0.2) is 35.4 Å². The van der Waals surface area contributed by atoms with Gasteiger partial charge in [-0.3, -0.25) is 4.79 Å². The largest absolute Gasteiger partial charge is 0.331 e. The van der Waals surface area contributed by atoms with E-state index in [0.717, 1.165) is 18.1 Å². The molecule has 0 spiro atoms. The molecule has 0 radical (unpaired) electrons. The summed E-state index contributed by atoms with van der Waals surface area (Å²) in [6.45, 7) is 2.83. The van der Waals surface area contributed by atoms with Crippen molar-refractivity contribution in [2.24, 2.45) is 0 Å². The van der Waals surface area contributed by atoms with Crippen LogP contribution in [0.15, 0.2) is 0 Å². The standard InChI is InChI=1S/C6H12ClNOS/c1-3-10-5-4-8(2)6(7)9/h3-5H2,1-2H3. The van der Waals surface area contributed by atoms with Crippen LogP contribution in [0.2, 0.25) is 0 Å². The molecule has 0 atom stereocenters. The number of amides is 1. The predicted octanol–water partition coefficient (Wildman–Crippen LogP) is 2.03. The van der Waals surface area contributed by atoms with E-state index in [4.69, 9.17) is 11.6 Å². The van der Waals surface area contributed by atoms with Gasteiger partial charge < -0.3 is 4.90 Å². The highest BCUT2D eigenvalue weighted by atomic mass is 35.5. The summed E-state index contributed by atoms with van der Waals surface area (Å²) in [5.74, 6) is 2.05. The zero-order chi connectivity index (χ0) is 7.98. The lowest BCUT2D eigenvalue weighted by Gasteiger charge is -2.11. The third-order valence-electron chi connectivity index (χ3n) is 1.08. The summed E-state index contributed by atoms with van der Waals surface area (Å²) < 4.78 is 0. The van der Waals surface area contributed by atoms with Gasteiger partial charge in [-0.1, -0.05) is 6.92 Å². The number of nitrogens with zero attached hydrogens (tertiary/aromatic N) is 1. The molecular formula is C6H12ClNOS. The van der Waals surface area contributed by atoms with Crippen LogP contribution in [0.4, 0.5) is 4.79 Å². The van der Waals surface area contributed by atoms with Gasteiger partial charge in [0.15, 0.2) is 0 Å². The van der Waals surface area contributed by atoms with Crippen molar-refractivity contribution in [3.63, 3.8) is 0 Å². The summed E-state index contributed by atoms with van der Waals surface area (Å²) in [6.07, 6.45) is 0. The molecule has 0 aliphatic rings. The predicted molar refractivity (Wildman–Crippen MR) is 46.9 cm³/mol. The number of thioether (sulfide) groups is 1. The number of hydrogen-bond acceptors (Lipinski definition) is 2. The van der Waals surface area contributed by atoms with Crippen molar-refractivity contribution in [2.45, 2.75) is 6.92 Å². The van der Waals surface area contributed by atoms with E-state index in [1.807, 2.05) is 0 Å². The SMILES string of the molecule is CCSCCN(C)C(=O)Cl. The monoisotopic (exact) mass is 181 g/mol. The highest BCUT2D eigenvalue weighted by Crippen LogP contribution is 2.00. The number of halogens is 1. The van der Waals surface area contributed by atoms with E-state index in [9.17, 15) is 4.79 Å². The molecule has 0 aliphatic carbocycles. The van der Waals surface area contributed by atoms with Crippen LogP contribution in [-0.2, 0) is 0 Å². The minimum Gasteiger partial charge on any atom is -0.331 e. The summed E-state index contributed by atoms with van der Waals surface area (Å²) in [4.78, 5) is 11.9. The van der Waals surface area contributed by atoms with Crippen LogP contribution in [0.1, 0.15) is 6.92 Å². The lowest BCUT2D eigenvalue weighted by molar-refractivity contribution is 0.234. The first-order valence-electron chi connectivity index (χ1n) is 3.16. The molecular weight excluding hydrogens is 170 g/mol. The third-order valence-corrected chi connectivity index (χ3v) is 2.24. The van der Waals surface area contributed by atoms with E-state index >= 15 is 0 Å². The van der Waals surface area contributed by atoms with Crippen LogP contribution in [0, 0.1) is 0 Å². The van der Waals surface area contributed by atoms with Crippen molar-refractivity contribution < 1.29 is 4.79 Å². The van der Waals surface area contributed by atoms with Gasteiger partial charge in [-0.2, -0.15) is 11.8 Å². The maximum Gasteiger partial charge on any atom is 0.316 e. The minimum atomic E-state index is -0.378. The first kappa shape index (κ1) is 10.1. The molecule has 2 nitrogen and oxygen atoms in total. The van der Waals surface area contributed by atoms with Gasteiger partial charge in [-0.15, -0.1) is 0 Å². The third kappa shape index (κ3) is 4.94. The van der Waals surface area contributed by atoms with Gasteiger partial charge in [0, 0.05) is 19.3 Å². The van der Waals surface area contributed by atoms with E-state index in [1.54, 1.807) is 18.8 Å². The number of rotatable bonds is 4.